The Morgan fingerprint density at radius 1 is 1.00 bits per heavy atom. The van der Waals surface area contributed by atoms with Crippen molar-refractivity contribution in [1.82, 2.24) is 15.2 Å². The number of aromatic nitrogens is 1. The molecule has 40 heavy (non-hydrogen) atoms. The van der Waals surface area contributed by atoms with Crippen molar-refractivity contribution in [3.8, 4) is 0 Å². The number of hydrogen-bond acceptors (Lipinski definition) is 3. The van der Waals surface area contributed by atoms with Crippen LogP contribution in [-0.4, -0.2) is 40.3 Å². The third kappa shape index (κ3) is 4.17. The number of amides is 4. The number of aromatic amines is 1. The molecular weight excluding hydrogens is 500 g/mol. The largest absolute Gasteiger partial charge is 0.356 e. The Bertz CT molecular complexity index is 1600. The van der Waals surface area contributed by atoms with Gasteiger partial charge in [0.2, 0.25) is 0 Å². The maximum atomic E-state index is 14.3. The summed E-state index contributed by atoms with van der Waals surface area (Å²) in [7, 11) is 0. The van der Waals surface area contributed by atoms with Crippen LogP contribution in [0.2, 0.25) is 0 Å². The number of urea groups is 1. The average Bonchev–Trinajstić information content (AvgIpc) is 3.46. The fourth-order valence-corrected chi connectivity index (χ4v) is 6.04. The molecule has 0 saturated carbocycles. The number of para-hydroxylation sites is 2. The summed E-state index contributed by atoms with van der Waals surface area (Å²) in [6.07, 6.45) is 2.22. The lowest BCUT2D eigenvalue weighted by Crippen LogP contribution is -2.44. The highest BCUT2D eigenvalue weighted by molar-refractivity contribution is 6.24. The fourth-order valence-electron chi connectivity index (χ4n) is 6.04. The number of imide groups is 1. The molecule has 1 saturated heterocycles. The van der Waals surface area contributed by atoms with Crippen LogP contribution in [0.25, 0.3) is 10.9 Å². The number of unbranched alkanes of at least 4 members (excludes halogenated alkanes) is 1. The predicted molar refractivity (Wildman–Crippen MR) is 157 cm³/mol. The molecule has 1 aromatic heterocycles. The second-order valence-corrected chi connectivity index (χ2v) is 11.0. The van der Waals surface area contributed by atoms with Gasteiger partial charge in [0, 0.05) is 29.6 Å². The lowest BCUT2D eigenvalue weighted by molar-refractivity contribution is -0.120. The fraction of sp³-hybridized carbons (Fsp3) is 0.303. The van der Waals surface area contributed by atoms with Gasteiger partial charge >= 0.3 is 6.03 Å². The predicted octanol–water partition coefficient (Wildman–Crippen LogP) is 6.30. The van der Waals surface area contributed by atoms with Crippen LogP contribution in [-0.2, 0) is 11.2 Å². The van der Waals surface area contributed by atoms with Gasteiger partial charge in [-0.25, -0.2) is 9.69 Å². The molecule has 2 atom stereocenters. The summed E-state index contributed by atoms with van der Waals surface area (Å²) >= 11 is 0. The van der Waals surface area contributed by atoms with Gasteiger partial charge in [0.15, 0.2) is 0 Å². The van der Waals surface area contributed by atoms with E-state index in [1.165, 1.54) is 10.5 Å². The van der Waals surface area contributed by atoms with Crippen molar-refractivity contribution < 1.29 is 14.4 Å². The second-order valence-electron chi connectivity index (χ2n) is 11.0. The molecule has 2 aliphatic rings. The van der Waals surface area contributed by atoms with Crippen LogP contribution in [0.3, 0.4) is 0 Å². The Balaban J connectivity index is 1.45. The molecule has 7 nitrogen and oxygen atoms in total. The van der Waals surface area contributed by atoms with Crippen molar-refractivity contribution in [2.75, 3.05) is 11.4 Å². The molecule has 7 heteroatoms. The molecule has 0 spiro atoms. The number of nitrogens with one attached hydrogen (secondary N) is 2. The van der Waals surface area contributed by atoms with Crippen LogP contribution in [0, 0.1) is 0 Å². The highest BCUT2D eigenvalue weighted by Gasteiger charge is 2.53. The van der Waals surface area contributed by atoms with Crippen molar-refractivity contribution in [3.05, 3.63) is 101 Å². The normalized spacial score (nSPS) is 18.4. The monoisotopic (exact) mass is 534 g/mol. The third-order valence-electron chi connectivity index (χ3n) is 8.17. The number of fused-ring (bicyclic) bond motifs is 4. The van der Waals surface area contributed by atoms with E-state index in [4.69, 9.17) is 0 Å². The van der Waals surface area contributed by atoms with E-state index < -0.39 is 18.1 Å². The number of carbonyl (C=O) groups is 3. The molecule has 0 bridgehead atoms. The molecule has 204 valence electrons. The van der Waals surface area contributed by atoms with E-state index in [-0.39, 0.29) is 11.8 Å². The molecule has 3 aromatic carbocycles. The van der Waals surface area contributed by atoms with E-state index in [0.717, 1.165) is 40.6 Å². The van der Waals surface area contributed by atoms with Gasteiger partial charge in [-0.1, -0.05) is 81.8 Å². The minimum atomic E-state index is -0.676. The molecule has 1 fully saturated rings. The summed E-state index contributed by atoms with van der Waals surface area (Å²) in [6.45, 7) is 6.90. The summed E-state index contributed by atoms with van der Waals surface area (Å²) in [6, 6.07) is 21.7. The summed E-state index contributed by atoms with van der Waals surface area (Å²) in [5.74, 6) is -0.215. The lowest BCUT2D eigenvalue weighted by Gasteiger charge is -2.36. The van der Waals surface area contributed by atoms with E-state index in [2.05, 4.69) is 61.4 Å². The van der Waals surface area contributed by atoms with Crippen molar-refractivity contribution in [1.29, 1.82) is 0 Å². The first kappa shape index (κ1) is 25.9. The van der Waals surface area contributed by atoms with Gasteiger partial charge in [0.05, 0.1) is 11.3 Å². The maximum absolute atomic E-state index is 14.3. The summed E-state index contributed by atoms with van der Waals surface area (Å²) in [5.41, 5.74) is 5.78. The highest BCUT2D eigenvalue weighted by Crippen LogP contribution is 2.45. The zero-order valence-electron chi connectivity index (χ0n) is 23.1. The molecule has 4 aromatic rings. The zero-order valence-corrected chi connectivity index (χ0v) is 23.1. The van der Waals surface area contributed by atoms with Gasteiger partial charge in [-0.3, -0.25) is 14.5 Å². The first-order valence-corrected chi connectivity index (χ1v) is 14.1. The molecule has 0 unspecified atom stereocenters. The van der Waals surface area contributed by atoms with Crippen molar-refractivity contribution in [2.24, 2.45) is 0 Å². The Morgan fingerprint density at radius 3 is 2.48 bits per heavy atom. The molecule has 0 radical (unpaired) electrons. The first-order chi connectivity index (χ1) is 19.4. The van der Waals surface area contributed by atoms with Crippen LogP contribution in [0.5, 0.6) is 0 Å². The van der Waals surface area contributed by atoms with E-state index >= 15 is 0 Å². The van der Waals surface area contributed by atoms with Crippen LogP contribution in [0.15, 0.2) is 72.8 Å². The summed E-state index contributed by atoms with van der Waals surface area (Å²) in [5, 5.41) is 3.99. The Morgan fingerprint density at radius 2 is 1.73 bits per heavy atom. The van der Waals surface area contributed by atoms with E-state index in [1.807, 2.05) is 18.2 Å². The van der Waals surface area contributed by atoms with Crippen LogP contribution in [0.1, 0.15) is 78.3 Å². The molecule has 6 rings (SSSR count). The van der Waals surface area contributed by atoms with Gasteiger partial charge in [-0.15, -0.1) is 0 Å². The number of nitrogens with zero attached hydrogens (tertiary/aromatic N) is 2. The zero-order chi connectivity index (χ0) is 28.0. The maximum Gasteiger partial charge on any atom is 0.332 e. The standard InChI is InChI=1S/C33H34N4O3/c1-4-5-18-34-31(38)24-11-7-9-13-27(24)37-32(39)28-19-25-23-10-6-8-12-26(23)35-29(25)30(36(28)33(37)40)22-16-14-21(15-17-22)20(2)3/h6-17,20,28,30,35H,4-5,18-19H2,1-3H3,(H,34,38)/t28-,30+/m0/s1. The van der Waals surface area contributed by atoms with Crippen molar-refractivity contribution in [2.45, 2.75) is 58.0 Å². The van der Waals surface area contributed by atoms with Crippen LogP contribution < -0.4 is 10.2 Å². The van der Waals surface area contributed by atoms with E-state index in [1.54, 1.807) is 29.2 Å². The molecule has 3 heterocycles. The highest BCUT2D eigenvalue weighted by atomic mass is 16.2. The molecule has 0 aliphatic carbocycles. The van der Waals surface area contributed by atoms with Gasteiger partial charge in [0.25, 0.3) is 11.8 Å². The van der Waals surface area contributed by atoms with Crippen molar-refractivity contribution in [3.63, 3.8) is 0 Å². The van der Waals surface area contributed by atoms with Crippen LogP contribution >= 0.6 is 0 Å². The van der Waals surface area contributed by atoms with Gasteiger partial charge in [-0.2, -0.15) is 0 Å². The lowest BCUT2D eigenvalue weighted by atomic mass is 9.88. The first-order valence-electron chi connectivity index (χ1n) is 14.1. The molecule has 2 aliphatic heterocycles. The third-order valence-corrected chi connectivity index (χ3v) is 8.17. The number of anilines is 1. The second kappa shape index (κ2) is 10.3. The summed E-state index contributed by atoms with van der Waals surface area (Å²) < 4.78 is 0. The van der Waals surface area contributed by atoms with Gasteiger partial charge < -0.3 is 10.3 Å². The van der Waals surface area contributed by atoms with Gasteiger partial charge in [-0.05, 0) is 47.2 Å². The Hall–Kier alpha value is -4.39. The van der Waals surface area contributed by atoms with Crippen molar-refractivity contribution >= 4 is 34.4 Å². The minimum absolute atomic E-state index is 0.286. The number of hydrogen-bond donors (Lipinski definition) is 2. The van der Waals surface area contributed by atoms with Crippen LogP contribution in [0.4, 0.5) is 10.5 Å². The summed E-state index contributed by atoms with van der Waals surface area (Å²) in [4.78, 5) is 47.9. The van der Waals surface area contributed by atoms with E-state index in [0.29, 0.717) is 30.1 Å². The Kier molecular flexibility index (Phi) is 6.66. The smallest absolute Gasteiger partial charge is 0.332 e. The Labute approximate surface area is 234 Å². The number of H-pyrrole nitrogens is 1. The average molecular weight is 535 g/mol. The molecular formula is C33H34N4O3. The topological polar surface area (TPSA) is 85.5 Å². The minimum Gasteiger partial charge on any atom is -0.356 e. The number of rotatable bonds is 7. The number of carbonyl (C=O) groups excluding carboxylic acids is 3. The SMILES string of the molecule is CCCCNC(=O)c1ccccc1N1C(=O)[C@@H]2Cc3c([nH]c4ccccc34)[C@@H](c3ccc(C(C)C)cc3)N2C1=O. The quantitative estimate of drug-likeness (QED) is 0.215. The number of benzene rings is 3. The van der Waals surface area contributed by atoms with E-state index in [9.17, 15) is 14.4 Å². The molecule has 2 N–H and O–H groups in total. The van der Waals surface area contributed by atoms with Gasteiger partial charge in [0.1, 0.15) is 12.1 Å². The molecule has 4 amide bonds.